The molecule has 0 fully saturated rings. The molecular weight excluding hydrogens is 398 g/mol. The molecule has 0 bridgehead atoms. The van der Waals surface area contributed by atoms with Gasteiger partial charge in [0.1, 0.15) is 6.61 Å². The number of esters is 1. The van der Waals surface area contributed by atoms with Crippen molar-refractivity contribution in [2.75, 3.05) is 13.7 Å². The monoisotopic (exact) mass is 415 g/mol. The van der Waals surface area contributed by atoms with E-state index in [4.69, 9.17) is 9.84 Å². The molecule has 1 amide bonds. The van der Waals surface area contributed by atoms with Crippen LogP contribution in [0.5, 0.6) is 5.75 Å². The van der Waals surface area contributed by atoms with Crippen LogP contribution in [-0.2, 0) is 22.3 Å². The predicted octanol–water partition coefficient (Wildman–Crippen LogP) is 2.69. The van der Waals surface area contributed by atoms with Gasteiger partial charge in [-0.1, -0.05) is 12.1 Å². The smallest absolute Gasteiger partial charge is 0.416 e. The van der Waals surface area contributed by atoms with Gasteiger partial charge in [-0.15, -0.1) is 0 Å². The molecule has 0 saturated heterocycles. The van der Waals surface area contributed by atoms with Crippen LogP contribution >= 0.6 is 0 Å². The zero-order valence-electron chi connectivity index (χ0n) is 15.1. The van der Waals surface area contributed by atoms with Crippen molar-refractivity contribution < 1.29 is 41.7 Å². The lowest BCUT2D eigenvalue weighted by Crippen LogP contribution is -2.44. The Morgan fingerprint density at radius 2 is 1.90 bits per heavy atom. The molecule has 156 valence electrons. The molecule has 0 heterocycles. The number of aliphatic hydroxyl groups is 1. The Morgan fingerprint density at radius 3 is 2.48 bits per heavy atom. The summed E-state index contributed by atoms with van der Waals surface area (Å²) in [6.45, 7) is -1.03. The fraction of sp³-hybridized carbons (Fsp3) is 0.263. The number of hydrogen-bond acceptors (Lipinski definition) is 5. The highest BCUT2D eigenvalue weighted by Gasteiger charge is 2.30. The van der Waals surface area contributed by atoms with Crippen molar-refractivity contribution in [3.63, 3.8) is 0 Å². The number of rotatable bonds is 7. The van der Waals surface area contributed by atoms with Crippen molar-refractivity contribution in [1.82, 2.24) is 5.32 Å². The summed E-state index contributed by atoms with van der Waals surface area (Å²) in [6.07, 6.45) is -4.51. The quantitative estimate of drug-likeness (QED) is 0.537. The highest BCUT2D eigenvalue weighted by atomic mass is 19.4. The van der Waals surface area contributed by atoms with Gasteiger partial charge in [-0.2, -0.15) is 13.2 Å². The second-order valence-corrected chi connectivity index (χ2v) is 5.86. The van der Waals surface area contributed by atoms with Crippen LogP contribution in [0.25, 0.3) is 0 Å². The highest BCUT2D eigenvalue weighted by molar-refractivity contribution is 5.96. The minimum absolute atomic E-state index is 0.156. The molecule has 0 unspecified atom stereocenters. The van der Waals surface area contributed by atoms with Gasteiger partial charge in [0.25, 0.3) is 5.91 Å². The van der Waals surface area contributed by atoms with E-state index in [0.717, 1.165) is 31.4 Å². The number of ether oxygens (including phenoxy) is 2. The number of aliphatic hydroxyl groups excluding tert-OH is 1. The van der Waals surface area contributed by atoms with Crippen LogP contribution in [0, 0.1) is 5.82 Å². The average molecular weight is 415 g/mol. The van der Waals surface area contributed by atoms with Crippen LogP contribution in [0.3, 0.4) is 0 Å². The van der Waals surface area contributed by atoms with Gasteiger partial charge in [0.15, 0.2) is 17.6 Å². The van der Waals surface area contributed by atoms with Crippen LogP contribution in [-0.4, -0.2) is 36.7 Å². The highest BCUT2D eigenvalue weighted by Crippen LogP contribution is 2.30. The van der Waals surface area contributed by atoms with Crippen LogP contribution < -0.4 is 10.1 Å². The van der Waals surface area contributed by atoms with E-state index in [1.165, 1.54) is 18.2 Å². The Kier molecular flexibility index (Phi) is 7.16. The minimum atomic E-state index is -4.51. The van der Waals surface area contributed by atoms with E-state index < -0.39 is 42.1 Å². The topological polar surface area (TPSA) is 84.9 Å². The van der Waals surface area contributed by atoms with E-state index in [0.29, 0.717) is 0 Å². The van der Waals surface area contributed by atoms with Crippen LogP contribution in [0.2, 0.25) is 0 Å². The largest absolute Gasteiger partial charge is 0.486 e. The van der Waals surface area contributed by atoms with Gasteiger partial charge in [0.2, 0.25) is 0 Å². The standard InChI is InChI=1S/C19H17F4NO5/c1-28-18(27)15(9-25)24-17(26)12-5-6-16(14(20)8-12)29-10-11-3-2-4-13(7-11)19(21,22)23/h2-8,15,25H,9-10H2,1H3,(H,24,26)/t15-/m1/s1. The fourth-order valence-corrected chi connectivity index (χ4v) is 2.32. The van der Waals surface area contributed by atoms with Gasteiger partial charge >= 0.3 is 12.1 Å². The maximum atomic E-state index is 14.2. The zero-order valence-corrected chi connectivity index (χ0v) is 15.1. The maximum Gasteiger partial charge on any atom is 0.416 e. The molecule has 2 aromatic carbocycles. The molecule has 2 rings (SSSR count). The Morgan fingerprint density at radius 1 is 1.17 bits per heavy atom. The summed E-state index contributed by atoms with van der Waals surface area (Å²) in [6, 6.07) is 6.26. The van der Waals surface area contributed by atoms with E-state index in [9.17, 15) is 27.2 Å². The predicted molar refractivity (Wildman–Crippen MR) is 92.5 cm³/mol. The Balaban J connectivity index is 2.06. The third-order valence-corrected chi connectivity index (χ3v) is 3.82. The summed E-state index contributed by atoms with van der Waals surface area (Å²) in [7, 11) is 1.08. The zero-order chi connectivity index (χ0) is 21.6. The third kappa shape index (κ3) is 5.92. The number of halogens is 4. The van der Waals surface area contributed by atoms with Crippen LogP contribution in [0.4, 0.5) is 17.6 Å². The first-order valence-electron chi connectivity index (χ1n) is 8.23. The number of benzene rings is 2. The molecule has 2 N–H and O–H groups in total. The molecule has 6 nitrogen and oxygen atoms in total. The molecule has 1 atom stereocenters. The summed E-state index contributed by atoms with van der Waals surface area (Å²) < 4.78 is 62.0. The number of methoxy groups -OCH3 is 1. The number of carbonyl (C=O) groups excluding carboxylic acids is 2. The van der Waals surface area contributed by atoms with Gasteiger partial charge < -0.3 is 19.9 Å². The molecular formula is C19H17F4NO5. The summed E-state index contributed by atoms with van der Waals surface area (Å²) in [5, 5.41) is 11.3. The van der Waals surface area contributed by atoms with Crippen molar-refractivity contribution in [3.8, 4) is 5.75 Å². The molecule has 0 spiro atoms. The second kappa shape index (κ2) is 9.37. The molecule has 0 aromatic heterocycles. The van der Waals surface area contributed by atoms with Gasteiger partial charge in [0.05, 0.1) is 19.3 Å². The summed E-state index contributed by atoms with van der Waals surface area (Å²) in [5.41, 5.74) is -0.823. The number of hydrogen-bond donors (Lipinski definition) is 2. The molecule has 0 aliphatic carbocycles. The van der Waals surface area contributed by atoms with Crippen molar-refractivity contribution in [1.29, 1.82) is 0 Å². The van der Waals surface area contributed by atoms with Crippen molar-refractivity contribution >= 4 is 11.9 Å². The lowest BCUT2D eigenvalue weighted by atomic mass is 10.1. The van der Waals surface area contributed by atoms with Crippen molar-refractivity contribution in [3.05, 3.63) is 65.0 Å². The summed E-state index contributed by atoms with van der Waals surface area (Å²) in [4.78, 5) is 23.4. The summed E-state index contributed by atoms with van der Waals surface area (Å²) in [5.74, 6) is -2.91. The number of amides is 1. The van der Waals surface area contributed by atoms with Crippen molar-refractivity contribution in [2.24, 2.45) is 0 Å². The summed E-state index contributed by atoms with van der Waals surface area (Å²) >= 11 is 0. The lowest BCUT2D eigenvalue weighted by molar-refractivity contribution is -0.144. The maximum absolute atomic E-state index is 14.2. The van der Waals surface area contributed by atoms with E-state index >= 15 is 0 Å². The number of nitrogens with one attached hydrogen (secondary N) is 1. The van der Waals surface area contributed by atoms with Crippen LogP contribution in [0.15, 0.2) is 42.5 Å². The minimum Gasteiger partial charge on any atom is -0.486 e. The van der Waals surface area contributed by atoms with Gasteiger partial charge in [-0.25, -0.2) is 9.18 Å². The Bertz CT molecular complexity index is 885. The molecule has 29 heavy (non-hydrogen) atoms. The normalized spacial score (nSPS) is 12.2. The molecule has 10 heteroatoms. The molecule has 2 aromatic rings. The van der Waals surface area contributed by atoms with Crippen molar-refractivity contribution in [2.45, 2.75) is 18.8 Å². The second-order valence-electron chi connectivity index (χ2n) is 5.86. The van der Waals surface area contributed by atoms with E-state index in [-0.39, 0.29) is 23.5 Å². The number of alkyl halides is 3. The van der Waals surface area contributed by atoms with Gasteiger partial charge in [-0.3, -0.25) is 4.79 Å². The SMILES string of the molecule is COC(=O)[C@@H](CO)NC(=O)c1ccc(OCc2cccc(C(F)(F)F)c2)c(F)c1. The van der Waals surface area contributed by atoms with E-state index in [2.05, 4.69) is 10.1 Å². The van der Waals surface area contributed by atoms with E-state index in [1.807, 2.05) is 0 Å². The molecule has 0 saturated carbocycles. The Hall–Kier alpha value is -3.14. The first-order valence-corrected chi connectivity index (χ1v) is 8.23. The molecule has 0 radical (unpaired) electrons. The fourth-order valence-electron chi connectivity index (χ4n) is 2.32. The van der Waals surface area contributed by atoms with E-state index in [1.54, 1.807) is 0 Å². The number of carbonyl (C=O) groups is 2. The van der Waals surface area contributed by atoms with Gasteiger partial charge in [-0.05, 0) is 35.9 Å². The average Bonchev–Trinajstić information content (AvgIpc) is 2.69. The van der Waals surface area contributed by atoms with Gasteiger partial charge in [0, 0.05) is 5.56 Å². The third-order valence-electron chi connectivity index (χ3n) is 3.82. The van der Waals surface area contributed by atoms with Crippen LogP contribution in [0.1, 0.15) is 21.5 Å². The Labute approximate surface area is 163 Å². The first-order chi connectivity index (χ1) is 13.7. The molecule has 0 aliphatic rings. The first kappa shape index (κ1) is 22.2. The molecule has 0 aliphatic heterocycles. The lowest BCUT2D eigenvalue weighted by Gasteiger charge is -2.14.